The molecule has 3 heterocycles. The summed E-state index contributed by atoms with van der Waals surface area (Å²) >= 11 is 1.60. The maximum absolute atomic E-state index is 5.93. The number of nitrogens with two attached hydrogens (primary N) is 1. The minimum absolute atomic E-state index is 0.563. The smallest absolute Gasteiger partial charge is 0.144 e. The molecule has 18 heavy (non-hydrogen) atoms. The summed E-state index contributed by atoms with van der Waals surface area (Å²) in [6.07, 6.45) is 8.35. The van der Waals surface area contributed by atoms with Crippen molar-refractivity contribution in [2.45, 2.75) is 25.7 Å². The zero-order chi connectivity index (χ0) is 12.1. The maximum Gasteiger partial charge on any atom is 0.144 e. The van der Waals surface area contributed by atoms with Crippen LogP contribution in [0.15, 0.2) is 12.5 Å². The van der Waals surface area contributed by atoms with E-state index in [4.69, 9.17) is 5.73 Å². The van der Waals surface area contributed by atoms with Crippen LogP contribution >= 0.6 is 11.3 Å². The first-order valence-corrected chi connectivity index (χ1v) is 6.95. The highest BCUT2D eigenvalue weighted by Gasteiger charge is 2.18. The molecule has 0 radical (unpaired) electrons. The van der Waals surface area contributed by atoms with Crippen LogP contribution in [0.4, 0.5) is 5.82 Å². The van der Waals surface area contributed by atoms with E-state index in [1.54, 1.807) is 17.7 Å². The molecule has 4 rings (SSSR count). The Bertz CT molecular complexity index is 762. The van der Waals surface area contributed by atoms with Gasteiger partial charge in [0.05, 0.1) is 10.2 Å². The van der Waals surface area contributed by atoms with E-state index in [2.05, 4.69) is 15.0 Å². The van der Waals surface area contributed by atoms with E-state index in [1.807, 2.05) is 6.20 Å². The predicted molar refractivity (Wildman–Crippen MR) is 73.8 cm³/mol. The summed E-state index contributed by atoms with van der Waals surface area (Å²) in [5.41, 5.74) is 9.71. The summed E-state index contributed by atoms with van der Waals surface area (Å²) in [5.74, 6) is 0.563. The Morgan fingerprint density at radius 3 is 2.94 bits per heavy atom. The van der Waals surface area contributed by atoms with Gasteiger partial charge >= 0.3 is 0 Å². The number of anilines is 1. The third kappa shape index (κ3) is 1.28. The van der Waals surface area contributed by atoms with Gasteiger partial charge in [-0.25, -0.2) is 15.0 Å². The maximum atomic E-state index is 5.93. The summed E-state index contributed by atoms with van der Waals surface area (Å²) in [6, 6.07) is 0. The third-order valence-electron chi connectivity index (χ3n) is 3.63. The second kappa shape index (κ2) is 3.62. The molecule has 1 aliphatic rings. The number of thiophene rings is 1. The van der Waals surface area contributed by atoms with E-state index in [0.29, 0.717) is 5.82 Å². The Kier molecular flexibility index (Phi) is 2.05. The molecule has 0 saturated carbocycles. The largest absolute Gasteiger partial charge is 0.382 e. The Hall–Kier alpha value is -1.75. The van der Waals surface area contributed by atoms with Crippen LogP contribution in [0.2, 0.25) is 0 Å². The number of hydrogen-bond donors (Lipinski definition) is 1. The summed E-state index contributed by atoms with van der Waals surface area (Å²) in [7, 11) is 0. The van der Waals surface area contributed by atoms with Crippen molar-refractivity contribution < 1.29 is 0 Å². The number of hydrogen-bond acceptors (Lipinski definition) is 5. The van der Waals surface area contributed by atoms with Crippen LogP contribution in [0.5, 0.6) is 0 Å². The lowest BCUT2D eigenvalue weighted by Gasteiger charge is -2.15. The fraction of sp³-hybridized carbons (Fsp3) is 0.308. The van der Waals surface area contributed by atoms with Gasteiger partial charge in [-0.1, -0.05) is 0 Å². The molecule has 0 atom stereocenters. The van der Waals surface area contributed by atoms with Gasteiger partial charge in [-0.2, -0.15) is 0 Å². The van der Waals surface area contributed by atoms with Gasteiger partial charge in [0.2, 0.25) is 0 Å². The normalized spacial score (nSPS) is 15.1. The third-order valence-corrected chi connectivity index (χ3v) is 4.74. The summed E-state index contributed by atoms with van der Waals surface area (Å²) in [6.45, 7) is 0. The number of nitrogen functional groups attached to an aromatic ring is 1. The molecule has 3 aromatic heterocycles. The van der Waals surface area contributed by atoms with Gasteiger partial charge in [0.15, 0.2) is 0 Å². The van der Waals surface area contributed by atoms with Gasteiger partial charge in [0.1, 0.15) is 17.0 Å². The SMILES string of the molecule is Nc1ncnc2c1sc1ncc3c(c12)CCCC3. The Morgan fingerprint density at radius 1 is 1.11 bits per heavy atom. The summed E-state index contributed by atoms with van der Waals surface area (Å²) in [4.78, 5) is 14.1. The van der Waals surface area contributed by atoms with E-state index >= 15 is 0 Å². The minimum atomic E-state index is 0.563. The molecule has 0 unspecified atom stereocenters. The summed E-state index contributed by atoms with van der Waals surface area (Å²) in [5, 5.41) is 1.21. The minimum Gasteiger partial charge on any atom is -0.382 e. The van der Waals surface area contributed by atoms with Crippen molar-refractivity contribution in [3.05, 3.63) is 23.7 Å². The van der Waals surface area contributed by atoms with E-state index < -0.39 is 0 Å². The molecule has 90 valence electrons. The molecule has 0 spiro atoms. The fourth-order valence-corrected chi connectivity index (χ4v) is 3.80. The highest BCUT2D eigenvalue weighted by molar-refractivity contribution is 7.25. The zero-order valence-corrected chi connectivity index (χ0v) is 10.6. The van der Waals surface area contributed by atoms with E-state index in [1.165, 1.54) is 29.4 Å². The van der Waals surface area contributed by atoms with E-state index in [9.17, 15) is 0 Å². The Balaban J connectivity index is 2.20. The number of aromatic nitrogens is 3. The molecule has 2 N–H and O–H groups in total. The molecule has 4 nitrogen and oxygen atoms in total. The van der Waals surface area contributed by atoms with Crippen molar-refractivity contribution in [3.8, 4) is 0 Å². The first-order valence-electron chi connectivity index (χ1n) is 6.14. The molecule has 0 aliphatic heterocycles. The first-order chi connectivity index (χ1) is 8.84. The highest BCUT2D eigenvalue weighted by atomic mass is 32.1. The summed E-state index contributed by atoms with van der Waals surface area (Å²) < 4.78 is 0.971. The molecule has 0 aromatic carbocycles. The van der Waals surface area contributed by atoms with Crippen molar-refractivity contribution >= 4 is 37.6 Å². The average Bonchev–Trinajstić information content (AvgIpc) is 2.79. The topological polar surface area (TPSA) is 64.7 Å². The van der Waals surface area contributed by atoms with Crippen LogP contribution < -0.4 is 5.73 Å². The van der Waals surface area contributed by atoms with Gasteiger partial charge in [-0.3, -0.25) is 0 Å². The standard InChI is InChI=1S/C13H12N4S/c14-12-11-10(16-6-17-12)9-8-4-2-1-3-7(8)5-15-13(9)18-11/h5-6H,1-4H2,(H2,14,16,17). The molecule has 1 aliphatic carbocycles. The monoisotopic (exact) mass is 256 g/mol. The van der Waals surface area contributed by atoms with Crippen molar-refractivity contribution in [1.29, 1.82) is 0 Å². The number of aryl methyl sites for hydroxylation is 2. The van der Waals surface area contributed by atoms with Crippen LogP contribution in [0.25, 0.3) is 20.4 Å². The van der Waals surface area contributed by atoms with E-state index in [0.717, 1.165) is 27.9 Å². The number of fused-ring (bicyclic) bond motifs is 5. The molecule has 0 bridgehead atoms. The molecule has 3 aromatic rings. The lowest BCUT2D eigenvalue weighted by Crippen LogP contribution is -2.03. The molecular formula is C13H12N4S. The van der Waals surface area contributed by atoms with Gasteiger partial charge < -0.3 is 5.73 Å². The van der Waals surface area contributed by atoms with Crippen LogP contribution in [0.1, 0.15) is 24.0 Å². The average molecular weight is 256 g/mol. The van der Waals surface area contributed by atoms with E-state index in [-0.39, 0.29) is 0 Å². The number of rotatable bonds is 0. The molecule has 0 amide bonds. The second-order valence-electron chi connectivity index (χ2n) is 4.69. The number of pyridine rings is 1. The molecular weight excluding hydrogens is 244 g/mol. The quantitative estimate of drug-likeness (QED) is 0.671. The molecule has 0 fully saturated rings. The zero-order valence-electron chi connectivity index (χ0n) is 9.81. The van der Waals surface area contributed by atoms with Crippen LogP contribution in [-0.2, 0) is 12.8 Å². The van der Waals surface area contributed by atoms with Crippen LogP contribution in [0, 0.1) is 0 Å². The number of nitrogens with zero attached hydrogens (tertiary/aromatic N) is 3. The Morgan fingerprint density at radius 2 is 2.00 bits per heavy atom. The van der Waals surface area contributed by atoms with Gasteiger partial charge in [0, 0.05) is 11.6 Å². The lowest BCUT2D eigenvalue weighted by molar-refractivity contribution is 0.688. The fourth-order valence-electron chi connectivity index (χ4n) is 2.77. The van der Waals surface area contributed by atoms with Crippen LogP contribution in [0.3, 0.4) is 0 Å². The molecule has 5 heteroatoms. The van der Waals surface area contributed by atoms with Gasteiger partial charge in [-0.05, 0) is 36.8 Å². The second-order valence-corrected chi connectivity index (χ2v) is 5.69. The first kappa shape index (κ1) is 10.2. The Labute approximate surface area is 108 Å². The van der Waals surface area contributed by atoms with Gasteiger partial charge in [0.25, 0.3) is 0 Å². The lowest BCUT2D eigenvalue weighted by atomic mass is 9.91. The van der Waals surface area contributed by atoms with Crippen LogP contribution in [-0.4, -0.2) is 15.0 Å². The predicted octanol–water partition coefficient (Wildman–Crippen LogP) is 2.70. The van der Waals surface area contributed by atoms with Crippen molar-refractivity contribution in [2.24, 2.45) is 0 Å². The van der Waals surface area contributed by atoms with Crippen molar-refractivity contribution in [1.82, 2.24) is 15.0 Å². The van der Waals surface area contributed by atoms with Crippen molar-refractivity contribution in [3.63, 3.8) is 0 Å². The highest BCUT2D eigenvalue weighted by Crippen LogP contribution is 2.38. The van der Waals surface area contributed by atoms with Crippen molar-refractivity contribution in [2.75, 3.05) is 5.73 Å². The molecule has 0 saturated heterocycles. The van der Waals surface area contributed by atoms with Gasteiger partial charge in [-0.15, -0.1) is 11.3 Å².